The van der Waals surface area contributed by atoms with Gasteiger partial charge in [0.25, 0.3) is 5.69 Å². The molecule has 8 heteroatoms. The first-order chi connectivity index (χ1) is 17.3. The zero-order valence-corrected chi connectivity index (χ0v) is 20.9. The third-order valence-electron chi connectivity index (χ3n) is 7.47. The molecule has 36 heavy (non-hydrogen) atoms. The average molecular weight is 492 g/mol. The molecule has 2 aliphatic rings. The summed E-state index contributed by atoms with van der Waals surface area (Å²) in [6.45, 7) is 4.72. The van der Waals surface area contributed by atoms with Crippen LogP contribution in [0.2, 0.25) is 0 Å². The molecule has 4 rings (SSSR count). The highest BCUT2D eigenvalue weighted by Crippen LogP contribution is 2.41. The van der Waals surface area contributed by atoms with E-state index >= 15 is 0 Å². The van der Waals surface area contributed by atoms with Crippen molar-refractivity contribution < 1.29 is 19.2 Å². The number of carbonyl (C=O) groups is 2. The number of hydrogen-bond donors (Lipinski definition) is 0. The molecule has 1 spiro atoms. The van der Waals surface area contributed by atoms with Crippen LogP contribution in [-0.4, -0.2) is 59.8 Å². The van der Waals surface area contributed by atoms with Crippen LogP contribution in [0.25, 0.3) is 6.08 Å². The fraction of sp³-hybridized carbons (Fsp3) is 0.429. The third kappa shape index (κ3) is 5.75. The van der Waals surface area contributed by atoms with E-state index in [4.69, 9.17) is 4.74 Å². The number of piperidine rings is 1. The molecule has 2 aromatic carbocycles. The zero-order chi connectivity index (χ0) is 25.7. The van der Waals surface area contributed by atoms with Gasteiger partial charge in [-0.2, -0.15) is 0 Å². The Kier molecular flexibility index (Phi) is 7.72. The Morgan fingerprint density at radius 3 is 2.42 bits per heavy atom. The number of rotatable bonds is 7. The van der Waals surface area contributed by atoms with Gasteiger partial charge in [0.2, 0.25) is 11.8 Å². The average Bonchev–Trinajstić information content (AvgIpc) is 3.30. The van der Waals surface area contributed by atoms with E-state index in [2.05, 4.69) is 0 Å². The number of non-ortho nitro benzene ring substituents is 1. The Hall–Kier alpha value is -3.68. The van der Waals surface area contributed by atoms with Crippen molar-refractivity contribution in [2.75, 3.05) is 33.3 Å². The molecular formula is C28H33N3O5. The first-order valence-electron chi connectivity index (χ1n) is 12.5. The summed E-state index contributed by atoms with van der Waals surface area (Å²) >= 11 is 0. The van der Waals surface area contributed by atoms with Gasteiger partial charge in [-0.25, -0.2) is 0 Å². The van der Waals surface area contributed by atoms with E-state index in [0.29, 0.717) is 50.2 Å². The van der Waals surface area contributed by atoms with E-state index < -0.39 is 4.92 Å². The summed E-state index contributed by atoms with van der Waals surface area (Å²) in [5.41, 5.74) is 2.32. The highest BCUT2D eigenvalue weighted by Gasteiger charge is 2.43. The third-order valence-corrected chi connectivity index (χ3v) is 7.47. The van der Waals surface area contributed by atoms with Gasteiger partial charge < -0.3 is 14.5 Å². The summed E-state index contributed by atoms with van der Waals surface area (Å²) in [7, 11) is 1.62. The van der Waals surface area contributed by atoms with E-state index in [1.54, 1.807) is 25.3 Å². The van der Waals surface area contributed by atoms with Crippen LogP contribution in [-0.2, 0) is 16.0 Å². The van der Waals surface area contributed by atoms with Gasteiger partial charge in [-0.05, 0) is 60.4 Å². The van der Waals surface area contributed by atoms with E-state index in [-0.39, 0.29) is 22.9 Å². The van der Waals surface area contributed by atoms with Crippen molar-refractivity contribution in [3.8, 4) is 5.75 Å². The molecule has 8 nitrogen and oxygen atoms in total. The number of methoxy groups -OCH3 is 1. The van der Waals surface area contributed by atoms with Gasteiger partial charge in [0, 0.05) is 43.9 Å². The molecule has 2 heterocycles. The SMILES string of the molecule is CC/C(=C/c1cccc([N+](=O)[O-])c1)C(=O)N1CCC2(CCN(C(=O)Cc3cccc(OC)c3)CC2)C1. The minimum absolute atomic E-state index is 0.00240. The van der Waals surface area contributed by atoms with Crippen LogP contribution in [0.15, 0.2) is 54.1 Å². The van der Waals surface area contributed by atoms with Crippen LogP contribution >= 0.6 is 0 Å². The fourth-order valence-electron chi connectivity index (χ4n) is 5.26. The molecule has 0 unspecified atom stereocenters. The zero-order valence-electron chi connectivity index (χ0n) is 20.9. The highest BCUT2D eigenvalue weighted by atomic mass is 16.6. The van der Waals surface area contributed by atoms with Crippen LogP contribution in [0.5, 0.6) is 5.75 Å². The number of nitro benzene ring substituents is 1. The number of benzene rings is 2. The number of nitrogens with zero attached hydrogens (tertiary/aromatic N) is 3. The van der Waals surface area contributed by atoms with Gasteiger partial charge in [0.1, 0.15) is 5.75 Å². The van der Waals surface area contributed by atoms with Crippen molar-refractivity contribution in [2.24, 2.45) is 5.41 Å². The maximum absolute atomic E-state index is 13.3. The van der Waals surface area contributed by atoms with Crippen LogP contribution < -0.4 is 4.74 Å². The molecule has 0 atom stereocenters. The Balaban J connectivity index is 1.35. The lowest BCUT2D eigenvalue weighted by Gasteiger charge is -2.39. The molecule has 0 radical (unpaired) electrons. The van der Waals surface area contributed by atoms with Gasteiger partial charge in [-0.15, -0.1) is 0 Å². The molecule has 0 bridgehead atoms. The summed E-state index contributed by atoms with van der Waals surface area (Å²) in [5.74, 6) is 0.870. The van der Waals surface area contributed by atoms with Crippen molar-refractivity contribution in [3.05, 3.63) is 75.3 Å². The first kappa shape index (κ1) is 25.4. The monoisotopic (exact) mass is 491 g/mol. The molecule has 2 fully saturated rings. The molecule has 190 valence electrons. The van der Waals surface area contributed by atoms with Crippen LogP contribution in [0, 0.1) is 15.5 Å². The lowest BCUT2D eigenvalue weighted by Crippen LogP contribution is -2.45. The van der Waals surface area contributed by atoms with Crippen LogP contribution in [0.4, 0.5) is 5.69 Å². The van der Waals surface area contributed by atoms with Crippen molar-refractivity contribution in [2.45, 2.75) is 39.0 Å². The molecular weight excluding hydrogens is 458 g/mol. The smallest absolute Gasteiger partial charge is 0.270 e. The minimum Gasteiger partial charge on any atom is -0.497 e. The second-order valence-corrected chi connectivity index (χ2v) is 9.76. The largest absolute Gasteiger partial charge is 0.497 e. The Bertz CT molecular complexity index is 1170. The summed E-state index contributed by atoms with van der Waals surface area (Å²) in [6, 6.07) is 14.0. The standard InChI is InChI=1S/C28H33N3O5/c1-3-23(16-21-6-4-8-24(17-21)31(34)35)27(33)30-15-12-28(20-30)10-13-29(14-11-28)26(32)19-22-7-5-9-25(18-22)36-2/h4-9,16-18H,3,10-15,19-20H2,1-2H3/b23-16-. The Morgan fingerprint density at radius 1 is 1.06 bits per heavy atom. The summed E-state index contributed by atoms with van der Waals surface area (Å²) in [5, 5.41) is 11.1. The van der Waals surface area contributed by atoms with Crippen LogP contribution in [0.1, 0.15) is 43.7 Å². The maximum atomic E-state index is 13.3. The van der Waals surface area contributed by atoms with Gasteiger partial charge in [0.15, 0.2) is 0 Å². The molecule has 2 saturated heterocycles. The molecule has 2 amide bonds. The van der Waals surface area contributed by atoms with Gasteiger partial charge in [0.05, 0.1) is 18.5 Å². The number of nitro groups is 1. The predicted molar refractivity (Wildman–Crippen MR) is 138 cm³/mol. The Morgan fingerprint density at radius 2 is 1.75 bits per heavy atom. The summed E-state index contributed by atoms with van der Waals surface area (Å²) in [4.78, 5) is 40.7. The van der Waals surface area contributed by atoms with Gasteiger partial charge in [-0.1, -0.05) is 31.2 Å². The van der Waals surface area contributed by atoms with E-state index in [0.717, 1.165) is 30.6 Å². The second-order valence-electron chi connectivity index (χ2n) is 9.76. The van der Waals surface area contributed by atoms with E-state index in [1.807, 2.05) is 41.0 Å². The topological polar surface area (TPSA) is 93.0 Å². The molecule has 0 aromatic heterocycles. The number of ether oxygens (including phenoxy) is 1. The molecule has 0 aliphatic carbocycles. The highest BCUT2D eigenvalue weighted by molar-refractivity contribution is 5.98. The normalized spacial score (nSPS) is 17.3. The molecule has 2 aliphatic heterocycles. The van der Waals surface area contributed by atoms with E-state index in [1.165, 1.54) is 12.1 Å². The summed E-state index contributed by atoms with van der Waals surface area (Å²) < 4.78 is 5.26. The number of likely N-dealkylation sites (tertiary alicyclic amines) is 2. The maximum Gasteiger partial charge on any atom is 0.270 e. The summed E-state index contributed by atoms with van der Waals surface area (Å²) in [6.07, 6.45) is 5.38. The van der Waals surface area contributed by atoms with Crippen LogP contribution in [0.3, 0.4) is 0 Å². The van der Waals surface area contributed by atoms with Gasteiger partial charge in [-0.3, -0.25) is 19.7 Å². The lowest BCUT2D eigenvalue weighted by atomic mass is 9.77. The molecule has 2 aromatic rings. The molecule has 0 saturated carbocycles. The van der Waals surface area contributed by atoms with Crippen molar-refractivity contribution in [3.63, 3.8) is 0 Å². The van der Waals surface area contributed by atoms with E-state index in [9.17, 15) is 19.7 Å². The number of carbonyl (C=O) groups excluding carboxylic acids is 2. The predicted octanol–water partition coefficient (Wildman–Crippen LogP) is 4.48. The molecule has 0 N–H and O–H groups in total. The number of hydrogen-bond acceptors (Lipinski definition) is 5. The quantitative estimate of drug-likeness (QED) is 0.323. The second kappa shape index (κ2) is 10.9. The van der Waals surface area contributed by atoms with Crippen molar-refractivity contribution in [1.82, 2.24) is 9.80 Å². The first-order valence-corrected chi connectivity index (χ1v) is 12.5. The fourth-order valence-corrected chi connectivity index (χ4v) is 5.26. The lowest BCUT2D eigenvalue weighted by molar-refractivity contribution is -0.384. The van der Waals surface area contributed by atoms with Crippen molar-refractivity contribution >= 4 is 23.6 Å². The van der Waals surface area contributed by atoms with Gasteiger partial charge >= 0.3 is 0 Å². The Labute approximate surface area is 211 Å². The number of amides is 2. The van der Waals surface area contributed by atoms with Crippen molar-refractivity contribution in [1.29, 1.82) is 0 Å². The minimum atomic E-state index is -0.428.